The van der Waals surface area contributed by atoms with E-state index in [0.29, 0.717) is 23.9 Å². The SMILES string of the molecule is Cc1csc([C@@H]2C[C@H]3CCN(C(=O)c4cc(C)on4)C[C@@H]3O2)n1. The van der Waals surface area contributed by atoms with Gasteiger partial charge in [-0.25, -0.2) is 4.98 Å². The fraction of sp³-hybridized carbons (Fsp3) is 0.562. The highest BCUT2D eigenvalue weighted by molar-refractivity contribution is 7.09. The Hall–Kier alpha value is -1.73. The van der Waals surface area contributed by atoms with E-state index in [1.807, 2.05) is 11.8 Å². The lowest BCUT2D eigenvalue weighted by atomic mass is 9.91. The Morgan fingerprint density at radius 1 is 1.43 bits per heavy atom. The number of hydrogen-bond acceptors (Lipinski definition) is 6. The van der Waals surface area contributed by atoms with Crippen LogP contribution in [0, 0.1) is 19.8 Å². The Labute approximate surface area is 138 Å². The van der Waals surface area contributed by atoms with Crippen LogP contribution in [-0.4, -0.2) is 40.1 Å². The summed E-state index contributed by atoms with van der Waals surface area (Å²) < 4.78 is 11.2. The lowest BCUT2D eigenvalue weighted by molar-refractivity contribution is -0.00477. The minimum atomic E-state index is -0.0718. The van der Waals surface area contributed by atoms with E-state index in [4.69, 9.17) is 9.26 Å². The van der Waals surface area contributed by atoms with E-state index >= 15 is 0 Å². The van der Waals surface area contributed by atoms with Crippen molar-refractivity contribution >= 4 is 17.2 Å². The van der Waals surface area contributed by atoms with Crippen LogP contribution >= 0.6 is 11.3 Å². The molecule has 0 radical (unpaired) electrons. The first-order valence-electron chi connectivity index (χ1n) is 7.90. The van der Waals surface area contributed by atoms with E-state index < -0.39 is 0 Å². The van der Waals surface area contributed by atoms with Gasteiger partial charge in [-0.2, -0.15) is 0 Å². The number of aromatic nitrogens is 2. The lowest BCUT2D eigenvalue weighted by Gasteiger charge is -2.33. The predicted octanol–water partition coefficient (Wildman–Crippen LogP) is 2.74. The van der Waals surface area contributed by atoms with Gasteiger partial charge in [0.05, 0.1) is 6.10 Å². The third kappa shape index (κ3) is 2.79. The van der Waals surface area contributed by atoms with Crippen LogP contribution in [0.3, 0.4) is 0 Å². The minimum Gasteiger partial charge on any atom is -0.366 e. The molecule has 7 heteroatoms. The van der Waals surface area contributed by atoms with E-state index in [1.165, 1.54) is 0 Å². The molecule has 23 heavy (non-hydrogen) atoms. The molecule has 3 atom stereocenters. The zero-order valence-electron chi connectivity index (χ0n) is 13.2. The smallest absolute Gasteiger partial charge is 0.276 e. The number of carbonyl (C=O) groups excluding carboxylic acids is 1. The molecule has 1 amide bonds. The van der Waals surface area contributed by atoms with Crippen LogP contribution in [0.1, 0.15) is 45.9 Å². The largest absolute Gasteiger partial charge is 0.366 e. The van der Waals surface area contributed by atoms with Crippen molar-refractivity contribution < 1.29 is 14.1 Å². The molecule has 0 aliphatic carbocycles. The molecular formula is C16H19N3O3S. The van der Waals surface area contributed by atoms with Crippen molar-refractivity contribution in [2.75, 3.05) is 13.1 Å². The van der Waals surface area contributed by atoms with Crippen molar-refractivity contribution in [1.82, 2.24) is 15.0 Å². The Bertz CT molecular complexity index is 726. The molecule has 0 spiro atoms. The highest BCUT2D eigenvalue weighted by atomic mass is 32.1. The quantitative estimate of drug-likeness (QED) is 0.845. The summed E-state index contributed by atoms with van der Waals surface area (Å²) in [7, 11) is 0. The molecule has 0 N–H and O–H groups in total. The lowest BCUT2D eigenvalue weighted by Crippen LogP contribution is -2.45. The van der Waals surface area contributed by atoms with Gasteiger partial charge in [-0.15, -0.1) is 11.3 Å². The number of rotatable bonds is 2. The monoisotopic (exact) mass is 333 g/mol. The molecule has 4 heterocycles. The third-order valence-corrected chi connectivity index (χ3v) is 5.65. The topological polar surface area (TPSA) is 68.5 Å². The molecule has 0 bridgehead atoms. The van der Waals surface area contributed by atoms with E-state index in [1.54, 1.807) is 24.3 Å². The van der Waals surface area contributed by atoms with E-state index in [0.717, 1.165) is 30.1 Å². The molecular weight excluding hydrogens is 314 g/mol. The average Bonchev–Trinajstić information content (AvgIpc) is 3.24. The van der Waals surface area contributed by atoms with E-state index in [-0.39, 0.29) is 18.1 Å². The standard InChI is InChI=1S/C16H19N3O3S/c1-9-8-23-15(17-9)13-6-11-3-4-19(7-14(11)21-13)16(20)12-5-10(2)22-18-12/h5,8,11,13-14H,3-4,6-7H2,1-2H3/t11-,13+,14+/m1/s1. The number of hydrogen-bond donors (Lipinski definition) is 0. The normalized spacial score (nSPS) is 27.2. The molecule has 2 aromatic heterocycles. The van der Waals surface area contributed by atoms with E-state index in [2.05, 4.69) is 15.5 Å². The van der Waals surface area contributed by atoms with Crippen LogP contribution in [0.15, 0.2) is 16.0 Å². The molecule has 6 nitrogen and oxygen atoms in total. The molecule has 0 unspecified atom stereocenters. The van der Waals surface area contributed by atoms with Crippen LogP contribution in [-0.2, 0) is 4.74 Å². The Morgan fingerprint density at radius 3 is 3.00 bits per heavy atom. The van der Waals surface area contributed by atoms with Gasteiger partial charge in [0.25, 0.3) is 5.91 Å². The molecule has 122 valence electrons. The van der Waals surface area contributed by atoms with Crippen molar-refractivity contribution in [1.29, 1.82) is 0 Å². The predicted molar refractivity (Wildman–Crippen MR) is 84.3 cm³/mol. The van der Waals surface area contributed by atoms with Gasteiger partial charge in [0.15, 0.2) is 5.69 Å². The van der Waals surface area contributed by atoms with Crippen molar-refractivity contribution in [2.45, 2.75) is 38.9 Å². The molecule has 0 aromatic carbocycles. The van der Waals surface area contributed by atoms with Gasteiger partial charge in [0.2, 0.25) is 0 Å². The highest BCUT2D eigenvalue weighted by Crippen LogP contribution is 2.41. The van der Waals surface area contributed by atoms with Crippen LogP contribution < -0.4 is 0 Å². The number of ether oxygens (including phenoxy) is 1. The molecule has 2 saturated heterocycles. The first-order valence-corrected chi connectivity index (χ1v) is 8.78. The van der Waals surface area contributed by atoms with Crippen molar-refractivity contribution in [3.05, 3.63) is 33.6 Å². The fourth-order valence-corrected chi connectivity index (χ4v) is 4.27. The zero-order chi connectivity index (χ0) is 16.0. The maximum absolute atomic E-state index is 12.5. The maximum Gasteiger partial charge on any atom is 0.276 e. The first kappa shape index (κ1) is 14.8. The van der Waals surface area contributed by atoms with Crippen LogP contribution in [0.2, 0.25) is 0 Å². The summed E-state index contributed by atoms with van der Waals surface area (Å²) in [6.07, 6.45) is 2.14. The number of piperidine rings is 1. The molecule has 2 aliphatic heterocycles. The number of aryl methyl sites for hydroxylation is 2. The second-order valence-electron chi connectivity index (χ2n) is 6.35. The van der Waals surface area contributed by atoms with Crippen LogP contribution in [0.25, 0.3) is 0 Å². The van der Waals surface area contributed by atoms with Gasteiger partial charge in [-0.1, -0.05) is 5.16 Å². The van der Waals surface area contributed by atoms with Gasteiger partial charge >= 0.3 is 0 Å². The molecule has 2 aliphatic rings. The van der Waals surface area contributed by atoms with Crippen molar-refractivity contribution in [2.24, 2.45) is 5.92 Å². The first-order chi connectivity index (χ1) is 11.1. The fourth-order valence-electron chi connectivity index (χ4n) is 3.42. The Kier molecular flexibility index (Phi) is 3.69. The summed E-state index contributed by atoms with van der Waals surface area (Å²) in [4.78, 5) is 18.9. The second-order valence-corrected chi connectivity index (χ2v) is 7.24. The van der Waals surface area contributed by atoms with Gasteiger partial charge in [-0.3, -0.25) is 4.79 Å². The number of carbonyl (C=O) groups is 1. The number of nitrogens with zero attached hydrogens (tertiary/aromatic N) is 3. The molecule has 2 fully saturated rings. The number of fused-ring (bicyclic) bond motifs is 1. The summed E-state index contributed by atoms with van der Waals surface area (Å²) >= 11 is 1.66. The molecule has 4 rings (SSSR count). The molecule has 2 aromatic rings. The maximum atomic E-state index is 12.5. The van der Waals surface area contributed by atoms with Crippen LogP contribution in [0.5, 0.6) is 0 Å². The highest BCUT2D eigenvalue weighted by Gasteiger charge is 2.42. The zero-order valence-corrected chi connectivity index (χ0v) is 14.0. The van der Waals surface area contributed by atoms with Gasteiger partial charge < -0.3 is 14.2 Å². The average molecular weight is 333 g/mol. The van der Waals surface area contributed by atoms with Crippen molar-refractivity contribution in [3.8, 4) is 0 Å². The second kappa shape index (κ2) is 5.72. The minimum absolute atomic E-state index is 0.0718. The summed E-state index contributed by atoms with van der Waals surface area (Å²) in [6, 6.07) is 1.69. The van der Waals surface area contributed by atoms with Crippen LogP contribution in [0.4, 0.5) is 0 Å². The Morgan fingerprint density at radius 2 is 2.30 bits per heavy atom. The summed E-state index contributed by atoms with van der Waals surface area (Å²) in [5.41, 5.74) is 1.42. The van der Waals surface area contributed by atoms with Gasteiger partial charge in [0, 0.05) is 30.2 Å². The summed E-state index contributed by atoms with van der Waals surface area (Å²) in [6.45, 7) is 5.16. The Balaban J connectivity index is 1.44. The summed E-state index contributed by atoms with van der Waals surface area (Å²) in [5, 5.41) is 6.94. The van der Waals surface area contributed by atoms with Gasteiger partial charge in [0.1, 0.15) is 16.9 Å². The summed E-state index contributed by atoms with van der Waals surface area (Å²) in [5.74, 6) is 1.09. The third-order valence-electron chi connectivity index (χ3n) is 4.60. The number of likely N-dealkylation sites (tertiary alicyclic amines) is 1. The van der Waals surface area contributed by atoms with Crippen molar-refractivity contribution in [3.63, 3.8) is 0 Å². The van der Waals surface area contributed by atoms with E-state index in [9.17, 15) is 4.79 Å². The number of thiazole rings is 1. The molecule has 0 saturated carbocycles. The number of amides is 1. The van der Waals surface area contributed by atoms with Gasteiger partial charge in [-0.05, 0) is 32.6 Å².